The minimum atomic E-state index is -0.175. The molecule has 3 nitrogen and oxygen atoms in total. The Balaban J connectivity index is 3.05. The molecular weight excluding hydrogens is 156 g/mol. The van der Waals surface area contributed by atoms with Gasteiger partial charge < -0.3 is 14.9 Å². The molecule has 3 heteroatoms. The van der Waals surface area contributed by atoms with Crippen molar-refractivity contribution in [1.29, 1.82) is 0 Å². The van der Waals surface area contributed by atoms with Crippen molar-refractivity contribution in [1.82, 2.24) is 0 Å². The summed E-state index contributed by atoms with van der Waals surface area (Å²) in [5.41, 5.74) is 0.646. The van der Waals surface area contributed by atoms with Crippen LogP contribution in [0.3, 0.4) is 0 Å². The molecule has 0 saturated carbocycles. The third kappa shape index (κ3) is 1.50. The number of hydrogen-bond acceptors (Lipinski definition) is 3. The Labute approximate surface area is 70.5 Å². The van der Waals surface area contributed by atoms with Crippen LogP contribution < -0.4 is 0 Å². The summed E-state index contributed by atoms with van der Waals surface area (Å²) in [5.74, 6) is 0.124. The highest BCUT2D eigenvalue weighted by Crippen LogP contribution is 2.27. The van der Waals surface area contributed by atoms with E-state index in [4.69, 9.17) is 14.9 Å². The first-order valence-corrected chi connectivity index (χ1v) is 3.40. The van der Waals surface area contributed by atoms with Crippen molar-refractivity contribution in [2.45, 2.75) is 0 Å². The van der Waals surface area contributed by atoms with Crippen molar-refractivity contribution in [3.05, 3.63) is 30.3 Å². The van der Waals surface area contributed by atoms with Gasteiger partial charge in [0.05, 0.1) is 7.11 Å². The van der Waals surface area contributed by atoms with Gasteiger partial charge in [-0.05, 0) is 18.2 Å². The van der Waals surface area contributed by atoms with E-state index in [0.29, 0.717) is 11.3 Å². The molecular formula is C9H10O3. The van der Waals surface area contributed by atoms with Crippen molar-refractivity contribution >= 4 is 5.76 Å². The summed E-state index contributed by atoms with van der Waals surface area (Å²) < 4.78 is 4.84. The lowest BCUT2D eigenvalue weighted by atomic mass is 10.2. The second kappa shape index (κ2) is 3.17. The Kier molecular flexibility index (Phi) is 2.24. The molecule has 0 aliphatic rings. The van der Waals surface area contributed by atoms with E-state index in [1.165, 1.54) is 19.2 Å². The Morgan fingerprint density at radius 3 is 2.50 bits per heavy atom. The minimum absolute atomic E-state index is 0.150. The molecule has 0 aliphatic carbocycles. The van der Waals surface area contributed by atoms with E-state index in [0.717, 1.165) is 0 Å². The number of ether oxygens (including phenoxy) is 1. The van der Waals surface area contributed by atoms with Gasteiger partial charge in [-0.25, -0.2) is 0 Å². The van der Waals surface area contributed by atoms with Gasteiger partial charge in [0.1, 0.15) is 5.76 Å². The number of benzene rings is 1. The number of hydrogen-bond donors (Lipinski definition) is 2. The lowest BCUT2D eigenvalue weighted by Gasteiger charge is -2.04. The van der Waals surface area contributed by atoms with Crippen LogP contribution in [0.5, 0.6) is 11.5 Å². The van der Waals surface area contributed by atoms with Gasteiger partial charge in [-0.1, -0.05) is 6.58 Å². The zero-order valence-corrected chi connectivity index (χ0v) is 6.74. The molecule has 0 aliphatic heterocycles. The molecule has 1 aromatic carbocycles. The van der Waals surface area contributed by atoms with Gasteiger partial charge in [0, 0.05) is 5.56 Å². The largest absolute Gasteiger partial charge is 0.504 e. The van der Waals surface area contributed by atoms with Gasteiger partial charge in [0.15, 0.2) is 11.5 Å². The van der Waals surface area contributed by atoms with Gasteiger partial charge in [-0.15, -0.1) is 0 Å². The van der Waals surface area contributed by atoms with Crippen LogP contribution in [0.25, 0.3) is 5.76 Å². The van der Waals surface area contributed by atoms with Crippen molar-refractivity contribution in [2.24, 2.45) is 0 Å². The fraction of sp³-hybridized carbons (Fsp3) is 0.111. The topological polar surface area (TPSA) is 49.7 Å². The fourth-order valence-corrected chi connectivity index (χ4v) is 0.815. The van der Waals surface area contributed by atoms with Crippen LogP contribution in [0.1, 0.15) is 5.56 Å². The van der Waals surface area contributed by atoms with Gasteiger partial charge in [-0.2, -0.15) is 0 Å². The van der Waals surface area contributed by atoms with Crippen LogP contribution in [-0.2, 0) is 4.74 Å². The van der Waals surface area contributed by atoms with Crippen LogP contribution in [-0.4, -0.2) is 17.3 Å². The molecule has 0 bridgehead atoms. The number of methoxy groups -OCH3 is 1. The van der Waals surface area contributed by atoms with E-state index < -0.39 is 0 Å². The van der Waals surface area contributed by atoms with Crippen molar-refractivity contribution in [3.63, 3.8) is 0 Å². The summed E-state index contributed by atoms with van der Waals surface area (Å²) in [4.78, 5) is 0. The summed E-state index contributed by atoms with van der Waals surface area (Å²) in [6, 6.07) is 4.39. The number of phenols is 2. The maximum Gasteiger partial charge on any atom is 0.158 e. The normalized spacial score (nSPS) is 9.42. The number of phenolic OH excluding ortho intramolecular Hbond substituents is 2. The van der Waals surface area contributed by atoms with Crippen molar-refractivity contribution in [2.75, 3.05) is 7.11 Å². The predicted molar refractivity (Wildman–Crippen MR) is 45.8 cm³/mol. The Hall–Kier alpha value is -1.64. The van der Waals surface area contributed by atoms with E-state index in [1.54, 1.807) is 6.07 Å². The molecule has 1 rings (SSSR count). The standard InChI is InChI=1S/C9H10O3/c1-6(12-2)7-3-4-8(10)9(11)5-7/h3-5,10-11H,1H2,2H3. The van der Waals surface area contributed by atoms with Gasteiger partial charge in [0.25, 0.3) is 0 Å². The minimum Gasteiger partial charge on any atom is -0.504 e. The van der Waals surface area contributed by atoms with Crippen molar-refractivity contribution < 1.29 is 14.9 Å². The van der Waals surface area contributed by atoms with Crippen LogP contribution in [0.15, 0.2) is 24.8 Å². The average Bonchev–Trinajstić information content (AvgIpc) is 2.08. The van der Waals surface area contributed by atoms with Crippen LogP contribution in [0.2, 0.25) is 0 Å². The third-order valence-corrected chi connectivity index (χ3v) is 1.54. The highest BCUT2D eigenvalue weighted by molar-refractivity contribution is 5.60. The summed E-state index contributed by atoms with van der Waals surface area (Å²) in [6.45, 7) is 3.60. The lowest BCUT2D eigenvalue weighted by molar-refractivity contribution is 0.370. The first-order valence-electron chi connectivity index (χ1n) is 3.40. The fourth-order valence-electron chi connectivity index (χ4n) is 0.815. The predicted octanol–water partition coefficient (Wildman–Crippen LogP) is 1.71. The maximum atomic E-state index is 9.10. The molecule has 1 aromatic rings. The SMILES string of the molecule is C=C(OC)c1ccc(O)c(O)c1. The highest BCUT2D eigenvalue weighted by Gasteiger charge is 2.02. The monoisotopic (exact) mass is 166 g/mol. The molecule has 0 saturated heterocycles. The van der Waals surface area contributed by atoms with Gasteiger partial charge in [-0.3, -0.25) is 0 Å². The van der Waals surface area contributed by atoms with Gasteiger partial charge >= 0.3 is 0 Å². The second-order valence-corrected chi connectivity index (χ2v) is 2.33. The molecule has 0 radical (unpaired) electrons. The maximum absolute atomic E-state index is 9.10. The average molecular weight is 166 g/mol. The van der Waals surface area contributed by atoms with Gasteiger partial charge in [0.2, 0.25) is 0 Å². The smallest absolute Gasteiger partial charge is 0.158 e. The molecule has 0 heterocycles. The molecule has 0 aromatic heterocycles. The zero-order valence-electron chi connectivity index (χ0n) is 6.74. The number of aromatic hydroxyl groups is 2. The van der Waals surface area contributed by atoms with Crippen LogP contribution >= 0.6 is 0 Å². The summed E-state index contributed by atoms with van der Waals surface area (Å²) in [6.07, 6.45) is 0. The first-order chi connectivity index (χ1) is 5.65. The molecule has 0 unspecified atom stereocenters. The zero-order chi connectivity index (χ0) is 9.14. The molecule has 0 amide bonds. The molecule has 0 atom stereocenters. The summed E-state index contributed by atoms with van der Waals surface area (Å²) >= 11 is 0. The third-order valence-electron chi connectivity index (χ3n) is 1.54. The Bertz CT molecular complexity index is 305. The van der Waals surface area contributed by atoms with E-state index >= 15 is 0 Å². The van der Waals surface area contributed by atoms with Crippen molar-refractivity contribution in [3.8, 4) is 11.5 Å². The highest BCUT2D eigenvalue weighted by atomic mass is 16.5. The second-order valence-electron chi connectivity index (χ2n) is 2.33. The Morgan fingerprint density at radius 1 is 1.33 bits per heavy atom. The first kappa shape index (κ1) is 8.46. The molecule has 2 N–H and O–H groups in total. The molecule has 0 fully saturated rings. The molecule has 64 valence electrons. The lowest BCUT2D eigenvalue weighted by Crippen LogP contribution is -1.84. The quantitative estimate of drug-likeness (QED) is 0.519. The van der Waals surface area contributed by atoms with E-state index in [-0.39, 0.29) is 11.5 Å². The molecule has 0 spiro atoms. The Morgan fingerprint density at radius 2 is 2.00 bits per heavy atom. The van der Waals surface area contributed by atoms with Crippen LogP contribution in [0, 0.1) is 0 Å². The summed E-state index contributed by atoms with van der Waals surface area (Å²) in [7, 11) is 1.49. The number of rotatable bonds is 2. The van der Waals surface area contributed by atoms with Crippen LogP contribution in [0.4, 0.5) is 0 Å². The summed E-state index contributed by atoms with van der Waals surface area (Å²) in [5, 5.41) is 18.1. The van der Waals surface area contributed by atoms with E-state index in [9.17, 15) is 0 Å². The van der Waals surface area contributed by atoms with E-state index in [2.05, 4.69) is 6.58 Å². The molecule has 12 heavy (non-hydrogen) atoms. The van der Waals surface area contributed by atoms with E-state index in [1.807, 2.05) is 0 Å².